The minimum Gasteiger partial charge on any atom is -0.481 e. The van der Waals surface area contributed by atoms with Gasteiger partial charge >= 0.3 is 0 Å². The van der Waals surface area contributed by atoms with E-state index in [2.05, 4.69) is 9.97 Å². The molecule has 126 valence electrons. The quantitative estimate of drug-likeness (QED) is 0.473. The first-order valence-corrected chi connectivity index (χ1v) is 6.88. The van der Waals surface area contributed by atoms with Crippen molar-refractivity contribution in [1.29, 1.82) is 0 Å². The fourth-order valence-electron chi connectivity index (χ4n) is 2.00. The molecule has 0 fully saturated rings. The number of methoxy groups -OCH3 is 2. The summed E-state index contributed by atoms with van der Waals surface area (Å²) in [4.78, 5) is 30.9. The van der Waals surface area contributed by atoms with Crippen LogP contribution in [-0.4, -0.2) is 40.0 Å². The summed E-state index contributed by atoms with van der Waals surface area (Å²) in [5.74, 6) is -1.11. The minimum atomic E-state index is -0.851. The molecule has 0 saturated carbocycles. The first kappa shape index (κ1) is 17.6. The number of rotatable bonds is 6. The molecule has 10 heteroatoms. The van der Waals surface area contributed by atoms with Crippen LogP contribution in [0.5, 0.6) is 11.8 Å². The molecule has 0 aliphatic rings. The Kier molecular flexibility index (Phi) is 5.27. The molecule has 1 aromatic carbocycles. The molecule has 9 nitrogen and oxygen atoms in total. The highest BCUT2D eigenvalue weighted by atomic mass is 35.5. The smallest absolute Gasteiger partial charge is 0.286 e. The molecule has 0 aliphatic heterocycles. The van der Waals surface area contributed by atoms with Crippen LogP contribution in [0.25, 0.3) is 0 Å². The van der Waals surface area contributed by atoms with Crippen LogP contribution in [0.2, 0.25) is 5.02 Å². The molecule has 0 unspecified atom stereocenters. The molecule has 0 aliphatic carbocycles. The second-order valence-corrected chi connectivity index (χ2v) is 4.92. The highest BCUT2D eigenvalue weighted by Crippen LogP contribution is 2.30. The average Bonchev–Trinajstić information content (AvgIpc) is 2.59. The van der Waals surface area contributed by atoms with Gasteiger partial charge in [0.25, 0.3) is 5.69 Å². The van der Waals surface area contributed by atoms with E-state index in [1.165, 1.54) is 26.4 Å². The largest absolute Gasteiger partial charge is 0.481 e. The molecule has 1 heterocycles. The molecule has 0 saturated heterocycles. The number of halogens is 1. The van der Waals surface area contributed by atoms with Crippen molar-refractivity contribution in [3.63, 3.8) is 0 Å². The van der Waals surface area contributed by atoms with Crippen LogP contribution in [0.15, 0.2) is 18.2 Å². The van der Waals surface area contributed by atoms with Gasteiger partial charge in [0.1, 0.15) is 5.56 Å². The summed E-state index contributed by atoms with van der Waals surface area (Å²) in [6.45, 7) is -0.653. The predicted molar refractivity (Wildman–Crippen MR) is 82.6 cm³/mol. The Balaban J connectivity index is 2.66. The van der Waals surface area contributed by atoms with E-state index in [1.807, 2.05) is 0 Å². The van der Waals surface area contributed by atoms with Gasteiger partial charge < -0.3 is 14.6 Å². The SMILES string of the molecule is COc1cc(OC)nc(C(=O)c2cc(Cl)cc(CO)c2[N+](=O)[O-])n1. The van der Waals surface area contributed by atoms with Gasteiger partial charge in [0, 0.05) is 5.02 Å². The van der Waals surface area contributed by atoms with Gasteiger partial charge in [-0.15, -0.1) is 0 Å². The number of hydrogen-bond donors (Lipinski definition) is 1. The number of benzene rings is 1. The summed E-state index contributed by atoms with van der Waals surface area (Å²) < 4.78 is 9.89. The lowest BCUT2D eigenvalue weighted by Crippen LogP contribution is -2.12. The maximum absolute atomic E-state index is 12.6. The van der Waals surface area contributed by atoms with Gasteiger partial charge in [0.2, 0.25) is 23.4 Å². The molecule has 0 bridgehead atoms. The van der Waals surface area contributed by atoms with Crippen molar-refractivity contribution < 1.29 is 24.3 Å². The summed E-state index contributed by atoms with van der Waals surface area (Å²) in [5, 5.41) is 20.6. The first-order chi connectivity index (χ1) is 11.4. The second kappa shape index (κ2) is 7.20. The van der Waals surface area contributed by atoms with Crippen molar-refractivity contribution in [1.82, 2.24) is 9.97 Å². The van der Waals surface area contributed by atoms with Gasteiger partial charge in [-0.25, -0.2) is 0 Å². The van der Waals surface area contributed by atoms with Crippen molar-refractivity contribution in [3.05, 3.63) is 50.3 Å². The van der Waals surface area contributed by atoms with Gasteiger partial charge in [-0.2, -0.15) is 9.97 Å². The van der Waals surface area contributed by atoms with Crippen LogP contribution < -0.4 is 9.47 Å². The topological polar surface area (TPSA) is 125 Å². The number of ether oxygens (including phenoxy) is 2. The van der Waals surface area contributed by atoms with E-state index < -0.39 is 23.0 Å². The van der Waals surface area contributed by atoms with Crippen LogP contribution in [0, 0.1) is 10.1 Å². The van der Waals surface area contributed by atoms with Crippen LogP contribution >= 0.6 is 11.6 Å². The number of carbonyl (C=O) groups excluding carboxylic acids is 1. The maximum Gasteiger partial charge on any atom is 0.286 e. The molecule has 2 rings (SSSR count). The highest BCUT2D eigenvalue weighted by Gasteiger charge is 2.28. The lowest BCUT2D eigenvalue weighted by molar-refractivity contribution is -0.386. The van der Waals surface area contributed by atoms with E-state index in [0.29, 0.717) is 0 Å². The molecule has 1 aromatic heterocycles. The van der Waals surface area contributed by atoms with E-state index in [4.69, 9.17) is 21.1 Å². The number of hydrogen-bond acceptors (Lipinski definition) is 8. The summed E-state index contributed by atoms with van der Waals surface area (Å²) in [5.41, 5.74) is -0.991. The van der Waals surface area contributed by atoms with Crippen LogP contribution in [0.1, 0.15) is 21.7 Å². The highest BCUT2D eigenvalue weighted by molar-refractivity contribution is 6.31. The number of nitro benzene ring substituents is 1. The van der Waals surface area contributed by atoms with E-state index in [0.717, 1.165) is 6.07 Å². The second-order valence-electron chi connectivity index (χ2n) is 4.48. The summed E-state index contributed by atoms with van der Waals surface area (Å²) in [6, 6.07) is 3.68. The van der Waals surface area contributed by atoms with Gasteiger partial charge in [-0.05, 0) is 12.1 Å². The first-order valence-electron chi connectivity index (χ1n) is 6.50. The van der Waals surface area contributed by atoms with Gasteiger partial charge in [-0.1, -0.05) is 11.6 Å². The summed E-state index contributed by atoms with van der Waals surface area (Å²) >= 11 is 5.88. The zero-order valence-electron chi connectivity index (χ0n) is 12.6. The number of aromatic nitrogens is 2. The van der Waals surface area contributed by atoms with Crippen molar-refractivity contribution in [2.45, 2.75) is 6.61 Å². The molecule has 24 heavy (non-hydrogen) atoms. The van der Waals surface area contributed by atoms with Crippen molar-refractivity contribution >= 4 is 23.1 Å². The summed E-state index contributed by atoms with van der Waals surface area (Å²) in [7, 11) is 2.67. The molecule has 0 atom stereocenters. The zero-order valence-corrected chi connectivity index (χ0v) is 13.4. The fourth-order valence-corrected chi connectivity index (χ4v) is 2.24. The van der Waals surface area contributed by atoms with E-state index >= 15 is 0 Å². The molecule has 0 radical (unpaired) electrons. The van der Waals surface area contributed by atoms with Crippen LogP contribution in [0.3, 0.4) is 0 Å². The third kappa shape index (κ3) is 3.42. The zero-order chi connectivity index (χ0) is 17.9. The number of nitrogens with zero attached hydrogens (tertiary/aromatic N) is 3. The number of carbonyl (C=O) groups is 1. The Morgan fingerprint density at radius 3 is 2.29 bits per heavy atom. The average molecular weight is 354 g/mol. The molecule has 0 amide bonds. The van der Waals surface area contributed by atoms with Crippen molar-refractivity contribution in [2.24, 2.45) is 0 Å². The molecule has 2 aromatic rings. The summed E-state index contributed by atoms with van der Waals surface area (Å²) in [6.07, 6.45) is 0. The monoisotopic (exact) mass is 353 g/mol. The number of aliphatic hydroxyl groups excluding tert-OH is 1. The lowest BCUT2D eigenvalue weighted by atomic mass is 10.0. The van der Waals surface area contributed by atoms with E-state index in [-0.39, 0.29) is 33.7 Å². The third-order valence-corrected chi connectivity index (χ3v) is 3.27. The molecule has 1 N–H and O–H groups in total. The molecule has 0 spiro atoms. The Morgan fingerprint density at radius 1 is 1.25 bits per heavy atom. The third-order valence-electron chi connectivity index (χ3n) is 3.05. The van der Waals surface area contributed by atoms with Gasteiger partial charge in [-0.3, -0.25) is 14.9 Å². The van der Waals surface area contributed by atoms with Gasteiger partial charge in [0.05, 0.1) is 37.4 Å². The predicted octanol–water partition coefficient (Wildman–Crippen LogP) is 1.78. The maximum atomic E-state index is 12.6. The molecular weight excluding hydrogens is 342 g/mol. The van der Waals surface area contributed by atoms with Gasteiger partial charge in [0.15, 0.2) is 0 Å². The van der Waals surface area contributed by atoms with E-state index in [1.54, 1.807) is 0 Å². The minimum absolute atomic E-state index is 0.0530. The van der Waals surface area contributed by atoms with Crippen LogP contribution in [0.4, 0.5) is 5.69 Å². The Morgan fingerprint density at radius 2 is 1.83 bits per heavy atom. The molecular formula is C14H12ClN3O6. The fraction of sp³-hybridized carbons (Fsp3) is 0.214. The normalized spacial score (nSPS) is 10.3. The van der Waals surface area contributed by atoms with Crippen molar-refractivity contribution in [2.75, 3.05) is 14.2 Å². The Labute approximate surface area is 141 Å². The lowest BCUT2D eigenvalue weighted by Gasteiger charge is -2.08. The Hall–Kier alpha value is -2.78. The van der Waals surface area contributed by atoms with Crippen LogP contribution in [-0.2, 0) is 6.61 Å². The standard InChI is InChI=1S/C14H12ClN3O6/c1-23-10-5-11(24-2)17-14(16-10)13(20)9-4-8(15)3-7(6-19)12(9)18(21)22/h3-5,19H,6H2,1-2H3. The Bertz CT molecular complexity index is 789. The van der Waals surface area contributed by atoms with E-state index in [9.17, 15) is 20.0 Å². The number of nitro groups is 1. The number of ketones is 1. The number of aliphatic hydroxyl groups is 1. The van der Waals surface area contributed by atoms with Crippen molar-refractivity contribution in [3.8, 4) is 11.8 Å².